The Kier molecular flexibility index (Phi) is 4.26. The third kappa shape index (κ3) is 3.22. The van der Waals surface area contributed by atoms with Gasteiger partial charge < -0.3 is 5.32 Å². The summed E-state index contributed by atoms with van der Waals surface area (Å²) in [5, 5.41) is 5.97. The molecule has 2 heterocycles. The van der Waals surface area contributed by atoms with Crippen molar-refractivity contribution in [1.29, 1.82) is 0 Å². The Labute approximate surface area is 123 Å². The van der Waals surface area contributed by atoms with Crippen LogP contribution in [0.15, 0.2) is 46.7 Å². The van der Waals surface area contributed by atoms with Gasteiger partial charge in [-0.25, -0.2) is 0 Å². The Morgan fingerprint density at radius 3 is 3.00 bits per heavy atom. The molecular weight excluding hydrogens is 270 g/mol. The highest BCUT2D eigenvalue weighted by Gasteiger charge is 2.21. The zero-order valence-corrected chi connectivity index (χ0v) is 12.8. The van der Waals surface area contributed by atoms with E-state index >= 15 is 0 Å². The van der Waals surface area contributed by atoms with Crippen LogP contribution in [0.4, 0.5) is 0 Å². The Morgan fingerprint density at radius 1 is 1.26 bits per heavy atom. The lowest BCUT2D eigenvalue weighted by Crippen LogP contribution is -2.33. The van der Waals surface area contributed by atoms with Gasteiger partial charge in [-0.05, 0) is 48.6 Å². The molecule has 3 heteroatoms. The van der Waals surface area contributed by atoms with Crippen molar-refractivity contribution in [2.24, 2.45) is 0 Å². The maximum atomic E-state index is 3.81. The van der Waals surface area contributed by atoms with Crippen LogP contribution in [0.1, 0.15) is 29.8 Å². The maximum Gasteiger partial charge on any atom is 0.0341 e. The van der Waals surface area contributed by atoms with E-state index in [1.54, 1.807) is 0 Å². The molecule has 1 N–H and O–H groups in total. The molecule has 0 radical (unpaired) electrons. The van der Waals surface area contributed by atoms with Crippen LogP contribution in [0.25, 0.3) is 0 Å². The second kappa shape index (κ2) is 6.12. The third-order valence-corrected chi connectivity index (χ3v) is 5.55. The van der Waals surface area contributed by atoms with Crippen molar-refractivity contribution in [2.45, 2.75) is 36.7 Å². The first-order chi connectivity index (χ1) is 9.33. The van der Waals surface area contributed by atoms with Crippen LogP contribution >= 0.6 is 23.1 Å². The predicted molar refractivity (Wildman–Crippen MR) is 85.1 cm³/mol. The maximum absolute atomic E-state index is 3.81. The van der Waals surface area contributed by atoms with Crippen molar-refractivity contribution in [2.75, 3.05) is 5.75 Å². The topological polar surface area (TPSA) is 12.0 Å². The molecule has 0 saturated carbocycles. The lowest BCUT2D eigenvalue weighted by molar-refractivity contribution is 0.439. The molecule has 0 amide bonds. The number of benzene rings is 1. The minimum atomic E-state index is 0.521. The van der Waals surface area contributed by atoms with E-state index in [0.717, 1.165) is 6.42 Å². The highest BCUT2D eigenvalue weighted by atomic mass is 32.2. The Bertz CT molecular complexity index is 521. The molecule has 0 bridgehead atoms. The number of hydrogen-bond donors (Lipinski definition) is 1. The minimum absolute atomic E-state index is 0.521. The van der Waals surface area contributed by atoms with Gasteiger partial charge in [0.1, 0.15) is 0 Å². The largest absolute Gasteiger partial charge is 0.307 e. The molecule has 0 spiro atoms. The predicted octanol–water partition coefficient (Wildman–Crippen LogP) is 4.51. The minimum Gasteiger partial charge on any atom is -0.307 e. The fourth-order valence-electron chi connectivity index (χ4n) is 2.65. The summed E-state index contributed by atoms with van der Waals surface area (Å²) in [6.45, 7) is 2.30. The van der Waals surface area contributed by atoms with E-state index < -0.39 is 0 Å². The molecule has 2 aromatic rings. The van der Waals surface area contributed by atoms with E-state index in [1.165, 1.54) is 27.5 Å². The Morgan fingerprint density at radius 2 is 2.16 bits per heavy atom. The SMILES string of the molecule is CC(Cc1cccs1)NC1CCSc2ccccc21. The zero-order valence-electron chi connectivity index (χ0n) is 11.1. The molecule has 0 fully saturated rings. The summed E-state index contributed by atoms with van der Waals surface area (Å²) in [5.74, 6) is 1.22. The van der Waals surface area contributed by atoms with Crippen LogP contribution in [-0.4, -0.2) is 11.8 Å². The van der Waals surface area contributed by atoms with E-state index in [9.17, 15) is 0 Å². The second-order valence-corrected chi connectivity index (χ2v) is 7.25. The number of nitrogens with one attached hydrogen (secondary N) is 1. The molecule has 0 saturated heterocycles. The van der Waals surface area contributed by atoms with Gasteiger partial charge in [-0.1, -0.05) is 24.3 Å². The normalized spacial score (nSPS) is 19.9. The molecule has 1 aliphatic rings. The molecule has 3 rings (SSSR count). The first-order valence-electron chi connectivity index (χ1n) is 6.83. The number of hydrogen-bond acceptors (Lipinski definition) is 3. The van der Waals surface area contributed by atoms with Crippen LogP contribution in [0.5, 0.6) is 0 Å². The van der Waals surface area contributed by atoms with Gasteiger partial charge in [0.2, 0.25) is 0 Å². The molecule has 0 aliphatic carbocycles. The summed E-state index contributed by atoms with van der Waals surface area (Å²) in [7, 11) is 0. The highest BCUT2D eigenvalue weighted by Crippen LogP contribution is 2.36. The van der Waals surface area contributed by atoms with E-state index in [2.05, 4.69) is 54.0 Å². The van der Waals surface area contributed by atoms with Crippen molar-refractivity contribution in [3.8, 4) is 0 Å². The van der Waals surface area contributed by atoms with Crippen LogP contribution in [-0.2, 0) is 6.42 Å². The molecule has 19 heavy (non-hydrogen) atoms. The fourth-order valence-corrected chi connectivity index (χ4v) is 4.61. The van der Waals surface area contributed by atoms with Crippen molar-refractivity contribution in [1.82, 2.24) is 5.32 Å². The van der Waals surface area contributed by atoms with Gasteiger partial charge in [-0.15, -0.1) is 23.1 Å². The Balaban J connectivity index is 1.67. The molecule has 1 aromatic heterocycles. The van der Waals surface area contributed by atoms with Crippen molar-refractivity contribution in [3.05, 3.63) is 52.2 Å². The van der Waals surface area contributed by atoms with Gasteiger partial charge >= 0.3 is 0 Å². The van der Waals surface area contributed by atoms with Crippen molar-refractivity contribution < 1.29 is 0 Å². The summed E-state index contributed by atoms with van der Waals surface area (Å²) in [4.78, 5) is 2.92. The summed E-state index contributed by atoms with van der Waals surface area (Å²) in [6, 6.07) is 14.2. The quantitative estimate of drug-likeness (QED) is 0.889. The van der Waals surface area contributed by atoms with Crippen LogP contribution in [0, 0.1) is 0 Å². The van der Waals surface area contributed by atoms with E-state index in [1.807, 2.05) is 23.1 Å². The van der Waals surface area contributed by atoms with Gasteiger partial charge in [0.05, 0.1) is 0 Å². The lowest BCUT2D eigenvalue weighted by atomic mass is 10.0. The van der Waals surface area contributed by atoms with Gasteiger partial charge in [0.15, 0.2) is 0 Å². The average Bonchev–Trinajstić information content (AvgIpc) is 2.92. The molecule has 100 valence electrons. The van der Waals surface area contributed by atoms with Gasteiger partial charge in [0, 0.05) is 21.9 Å². The third-order valence-electron chi connectivity index (χ3n) is 3.53. The smallest absolute Gasteiger partial charge is 0.0341 e. The monoisotopic (exact) mass is 289 g/mol. The first-order valence-corrected chi connectivity index (χ1v) is 8.69. The molecule has 2 unspecified atom stereocenters. The zero-order chi connectivity index (χ0) is 13.1. The molecule has 2 atom stereocenters. The average molecular weight is 289 g/mol. The molecule has 1 aliphatic heterocycles. The van der Waals surface area contributed by atoms with Gasteiger partial charge in [0.25, 0.3) is 0 Å². The van der Waals surface area contributed by atoms with Crippen molar-refractivity contribution >= 4 is 23.1 Å². The summed E-state index contributed by atoms with van der Waals surface area (Å²) in [6.07, 6.45) is 2.36. The van der Waals surface area contributed by atoms with Crippen LogP contribution in [0.3, 0.4) is 0 Å². The number of rotatable bonds is 4. The molecule has 1 aromatic carbocycles. The molecular formula is C16H19NS2. The van der Waals surface area contributed by atoms with E-state index in [-0.39, 0.29) is 0 Å². The molecule has 1 nitrogen and oxygen atoms in total. The van der Waals surface area contributed by atoms with Gasteiger partial charge in [-0.3, -0.25) is 0 Å². The van der Waals surface area contributed by atoms with Gasteiger partial charge in [-0.2, -0.15) is 0 Å². The summed E-state index contributed by atoms with van der Waals surface area (Å²) < 4.78 is 0. The van der Waals surface area contributed by atoms with E-state index in [0.29, 0.717) is 12.1 Å². The number of fused-ring (bicyclic) bond motifs is 1. The fraction of sp³-hybridized carbons (Fsp3) is 0.375. The van der Waals surface area contributed by atoms with E-state index in [4.69, 9.17) is 0 Å². The number of thiophene rings is 1. The second-order valence-electron chi connectivity index (χ2n) is 5.08. The van der Waals surface area contributed by atoms with Crippen LogP contribution in [0.2, 0.25) is 0 Å². The summed E-state index contributed by atoms with van der Waals surface area (Å²) in [5.41, 5.74) is 1.48. The number of thioether (sulfide) groups is 1. The lowest BCUT2D eigenvalue weighted by Gasteiger charge is -2.28. The first kappa shape index (κ1) is 13.2. The Hall–Kier alpha value is -0.770. The summed E-state index contributed by atoms with van der Waals surface area (Å²) >= 11 is 3.84. The standard InChI is InChI=1S/C16H19NS2/c1-12(11-13-5-4-9-18-13)17-15-8-10-19-16-7-3-2-6-14(15)16/h2-7,9,12,15,17H,8,10-11H2,1H3. The highest BCUT2D eigenvalue weighted by molar-refractivity contribution is 7.99. The van der Waals surface area contributed by atoms with Crippen LogP contribution < -0.4 is 5.32 Å². The van der Waals surface area contributed by atoms with Crippen molar-refractivity contribution in [3.63, 3.8) is 0 Å².